The number of carbonyl (C=O) groups is 2. The van der Waals surface area contributed by atoms with Gasteiger partial charge in [0.15, 0.2) is 0 Å². The van der Waals surface area contributed by atoms with Crippen LogP contribution in [0.3, 0.4) is 0 Å². The van der Waals surface area contributed by atoms with Crippen molar-refractivity contribution in [3.05, 3.63) is 71.8 Å². The topological polar surface area (TPSA) is 49.4 Å². The van der Waals surface area contributed by atoms with E-state index in [2.05, 4.69) is 5.32 Å². The first-order valence-electron chi connectivity index (χ1n) is 10.1. The third-order valence-corrected chi connectivity index (χ3v) is 6.15. The summed E-state index contributed by atoms with van der Waals surface area (Å²) in [7, 11) is 0. The first-order chi connectivity index (χ1) is 14.8. The number of alkyl halides is 3. The van der Waals surface area contributed by atoms with Crippen molar-refractivity contribution in [2.75, 3.05) is 13.1 Å². The Bertz CT molecular complexity index is 1190. The molecule has 0 spiro atoms. The normalized spacial score (nSPS) is 20.7. The Morgan fingerprint density at radius 2 is 1.81 bits per heavy atom. The highest BCUT2D eigenvalue weighted by Gasteiger charge is 2.41. The van der Waals surface area contributed by atoms with Gasteiger partial charge in [-0.15, -0.1) is 0 Å². The summed E-state index contributed by atoms with van der Waals surface area (Å²) in [5.74, 6) is 0.0920. The zero-order valence-electron chi connectivity index (χ0n) is 16.4. The van der Waals surface area contributed by atoms with Crippen molar-refractivity contribution in [3.8, 4) is 11.1 Å². The average molecular weight is 424 g/mol. The Balaban J connectivity index is 1.46. The maximum absolute atomic E-state index is 13.1. The molecule has 2 aliphatic rings. The van der Waals surface area contributed by atoms with Gasteiger partial charge in [0.2, 0.25) is 5.91 Å². The maximum Gasteiger partial charge on any atom is 0.416 e. The number of nitrogens with one attached hydrogen (secondary N) is 1. The van der Waals surface area contributed by atoms with E-state index in [1.54, 1.807) is 41.3 Å². The van der Waals surface area contributed by atoms with Gasteiger partial charge in [-0.2, -0.15) is 13.2 Å². The van der Waals surface area contributed by atoms with E-state index in [-0.39, 0.29) is 23.8 Å². The fourth-order valence-electron chi connectivity index (χ4n) is 4.63. The monoisotopic (exact) mass is 424 g/mol. The molecule has 2 aliphatic heterocycles. The minimum Gasteiger partial charge on any atom is -0.351 e. The SMILES string of the molecule is O=C1C[C@H]2CN(C(=O)c3ccc4c(-c5cccc(C(F)(F)F)c5)cccc4c3)C[C@H]2N1. The van der Waals surface area contributed by atoms with E-state index in [1.165, 1.54) is 6.07 Å². The van der Waals surface area contributed by atoms with E-state index >= 15 is 0 Å². The van der Waals surface area contributed by atoms with Crippen molar-refractivity contribution in [2.24, 2.45) is 5.92 Å². The molecule has 4 nitrogen and oxygen atoms in total. The molecular weight excluding hydrogens is 405 g/mol. The fourth-order valence-corrected chi connectivity index (χ4v) is 4.63. The van der Waals surface area contributed by atoms with Crippen molar-refractivity contribution >= 4 is 22.6 Å². The molecule has 0 unspecified atom stereocenters. The molecule has 3 aromatic carbocycles. The van der Waals surface area contributed by atoms with Gasteiger partial charge in [0.25, 0.3) is 5.91 Å². The lowest BCUT2D eigenvalue weighted by molar-refractivity contribution is -0.137. The summed E-state index contributed by atoms with van der Waals surface area (Å²) in [6.45, 7) is 1.04. The van der Waals surface area contributed by atoms with Crippen LogP contribution in [-0.4, -0.2) is 35.8 Å². The molecule has 2 heterocycles. The summed E-state index contributed by atoms with van der Waals surface area (Å²) in [5, 5.41) is 4.48. The number of hydrogen-bond donors (Lipinski definition) is 1. The summed E-state index contributed by atoms with van der Waals surface area (Å²) < 4.78 is 39.4. The maximum atomic E-state index is 13.1. The molecule has 2 amide bonds. The van der Waals surface area contributed by atoms with Gasteiger partial charge < -0.3 is 10.2 Å². The quantitative estimate of drug-likeness (QED) is 0.659. The second-order valence-corrected chi connectivity index (χ2v) is 8.17. The minimum absolute atomic E-state index is 0.0180. The van der Waals surface area contributed by atoms with E-state index in [4.69, 9.17) is 0 Å². The summed E-state index contributed by atoms with van der Waals surface area (Å²) >= 11 is 0. The Hall–Kier alpha value is -3.35. The lowest BCUT2D eigenvalue weighted by Gasteiger charge is -2.18. The van der Waals surface area contributed by atoms with Crippen LogP contribution in [0.1, 0.15) is 22.3 Å². The van der Waals surface area contributed by atoms with Crippen molar-refractivity contribution in [3.63, 3.8) is 0 Å². The molecular formula is C24H19F3N2O2. The molecule has 0 saturated carbocycles. The van der Waals surface area contributed by atoms with Gasteiger partial charge in [-0.25, -0.2) is 0 Å². The predicted octanol–water partition coefficient (Wildman–Crippen LogP) is 4.49. The molecule has 31 heavy (non-hydrogen) atoms. The highest BCUT2D eigenvalue weighted by atomic mass is 19.4. The summed E-state index contributed by atoms with van der Waals surface area (Å²) in [6.07, 6.45) is -3.96. The van der Waals surface area contributed by atoms with E-state index in [0.29, 0.717) is 36.2 Å². The molecule has 3 aromatic rings. The number of halogens is 3. The lowest BCUT2D eigenvalue weighted by Crippen LogP contribution is -2.35. The molecule has 0 aliphatic carbocycles. The van der Waals surface area contributed by atoms with Gasteiger partial charge in [0.1, 0.15) is 0 Å². The molecule has 0 radical (unpaired) electrons. The fraction of sp³-hybridized carbons (Fsp3) is 0.250. The van der Waals surface area contributed by atoms with Crippen molar-refractivity contribution < 1.29 is 22.8 Å². The number of likely N-dealkylation sites (tertiary alicyclic amines) is 1. The van der Waals surface area contributed by atoms with Crippen LogP contribution in [-0.2, 0) is 11.0 Å². The highest BCUT2D eigenvalue weighted by Crippen LogP contribution is 2.35. The molecule has 7 heteroatoms. The van der Waals surface area contributed by atoms with Crippen LogP contribution in [0.4, 0.5) is 13.2 Å². The minimum atomic E-state index is -4.41. The van der Waals surface area contributed by atoms with E-state index < -0.39 is 11.7 Å². The smallest absolute Gasteiger partial charge is 0.351 e. The van der Waals surface area contributed by atoms with Gasteiger partial charge in [-0.05, 0) is 46.2 Å². The summed E-state index contributed by atoms with van der Waals surface area (Å²) in [5.41, 5.74) is 0.990. The Morgan fingerprint density at radius 1 is 1.00 bits per heavy atom. The third kappa shape index (κ3) is 3.54. The molecule has 0 bridgehead atoms. The zero-order chi connectivity index (χ0) is 21.8. The van der Waals surface area contributed by atoms with Crippen LogP contribution in [0.15, 0.2) is 60.7 Å². The van der Waals surface area contributed by atoms with Crippen LogP contribution in [0.2, 0.25) is 0 Å². The Labute approximate surface area is 176 Å². The standard InChI is InChI=1S/C24H19F3N2O2/c25-24(26,27)18-5-1-3-15(10-18)19-6-2-4-14-9-16(7-8-20(14)19)23(31)29-12-17-11-22(30)28-21(17)13-29/h1-10,17,21H,11-13H2,(H,28,30)/t17-,21+/m0/s1. The Kier molecular flexibility index (Phi) is 4.50. The van der Waals surface area contributed by atoms with Crippen molar-refractivity contribution in [1.29, 1.82) is 0 Å². The number of hydrogen-bond acceptors (Lipinski definition) is 2. The van der Waals surface area contributed by atoms with Gasteiger partial charge >= 0.3 is 6.18 Å². The molecule has 2 saturated heterocycles. The van der Waals surface area contributed by atoms with E-state index in [0.717, 1.165) is 22.9 Å². The second kappa shape index (κ2) is 7.11. The van der Waals surface area contributed by atoms with Crippen molar-refractivity contribution in [1.82, 2.24) is 10.2 Å². The average Bonchev–Trinajstić information content (AvgIpc) is 3.29. The number of nitrogens with zero attached hydrogens (tertiary/aromatic N) is 1. The molecule has 0 aromatic heterocycles. The van der Waals surface area contributed by atoms with Gasteiger partial charge in [0.05, 0.1) is 11.6 Å². The first kappa shape index (κ1) is 19.6. The van der Waals surface area contributed by atoms with Crippen molar-refractivity contribution in [2.45, 2.75) is 18.6 Å². The van der Waals surface area contributed by atoms with Gasteiger partial charge in [-0.1, -0.05) is 36.4 Å². The molecule has 158 valence electrons. The van der Waals surface area contributed by atoms with E-state index in [9.17, 15) is 22.8 Å². The molecule has 2 fully saturated rings. The summed E-state index contributed by atoms with van der Waals surface area (Å²) in [4.78, 5) is 26.3. The number of fused-ring (bicyclic) bond motifs is 2. The van der Waals surface area contributed by atoms with Crippen LogP contribution >= 0.6 is 0 Å². The van der Waals surface area contributed by atoms with Crippen LogP contribution in [0, 0.1) is 5.92 Å². The van der Waals surface area contributed by atoms with Crippen LogP contribution < -0.4 is 5.32 Å². The second-order valence-electron chi connectivity index (χ2n) is 8.17. The number of amides is 2. The van der Waals surface area contributed by atoms with Crippen LogP contribution in [0.5, 0.6) is 0 Å². The molecule has 2 atom stereocenters. The third-order valence-electron chi connectivity index (χ3n) is 6.15. The lowest BCUT2D eigenvalue weighted by atomic mass is 9.95. The highest BCUT2D eigenvalue weighted by molar-refractivity contribution is 6.03. The van der Waals surface area contributed by atoms with E-state index in [1.807, 2.05) is 6.07 Å². The largest absolute Gasteiger partial charge is 0.416 e. The van der Waals surface area contributed by atoms with Gasteiger partial charge in [0, 0.05) is 31.0 Å². The summed E-state index contributed by atoms with van der Waals surface area (Å²) in [6, 6.07) is 16.0. The number of carbonyl (C=O) groups excluding carboxylic acids is 2. The molecule has 5 rings (SSSR count). The molecule has 1 N–H and O–H groups in total. The van der Waals surface area contributed by atoms with Crippen LogP contribution in [0.25, 0.3) is 21.9 Å². The van der Waals surface area contributed by atoms with Gasteiger partial charge in [-0.3, -0.25) is 9.59 Å². The Morgan fingerprint density at radius 3 is 2.58 bits per heavy atom. The predicted molar refractivity (Wildman–Crippen MR) is 110 cm³/mol. The number of benzene rings is 3. The number of rotatable bonds is 2. The first-order valence-corrected chi connectivity index (χ1v) is 10.1. The zero-order valence-corrected chi connectivity index (χ0v) is 16.4.